The van der Waals surface area contributed by atoms with Gasteiger partial charge in [0.2, 0.25) is 5.91 Å². The van der Waals surface area contributed by atoms with Crippen LogP contribution in [0.5, 0.6) is 5.75 Å². The van der Waals surface area contributed by atoms with Gasteiger partial charge in [-0.3, -0.25) is 9.59 Å². The number of rotatable bonds is 8. The van der Waals surface area contributed by atoms with Gasteiger partial charge in [0.05, 0.1) is 23.8 Å². The summed E-state index contributed by atoms with van der Waals surface area (Å²) in [5.41, 5.74) is 2.90. The van der Waals surface area contributed by atoms with E-state index in [1.165, 1.54) is 0 Å². The molecule has 0 aliphatic rings. The molecule has 2 amide bonds. The summed E-state index contributed by atoms with van der Waals surface area (Å²) < 4.78 is 7.20. The maximum Gasteiger partial charge on any atom is 0.251 e. The maximum atomic E-state index is 12.8. The van der Waals surface area contributed by atoms with Crippen molar-refractivity contribution in [1.29, 1.82) is 0 Å². The van der Waals surface area contributed by atoms with E-state index in [9.17, 15) is 9.59 Å². The van der Waals surface area contributed by atoms with E-state index in [-0.39, 0.29) is 18.4 Å². The van der Waals surface area contributed by atoms with Crippen LogP contribution in [0.3, 0.4) is 0 Å². The summed E-state index contributed by atoms with van der Waals surface area (Å²) in [6, 6.07) is 24.0. The fraction of sp³-hybridized carbons (Fsp3) is 0.160. The van der Waals surface area contributed by atoms with Gasteiger partial charge in [-0.1, -0.05) is 42.5 Å². The summed E-state index contributed by atoms with van der Waals surface area (Å²) in [5.74, 6) is 1.00. The number of anilines is 1. The summed E-state index contributed by atoms with van der Waals surface area (Å²) in [4.78, 5) is 29.8. The molecule has 0 unspecified atom stereocenters. The molecule has 0 saturated carbocycles. The zero-order chi connectivity index (χ0) is 22.3. The van der Waals surface area contributed by atoms with E-state index >= 15 is 0 Å². The number of para-hydroxylation sites is 4. The van der Waals surface area contributed by atoms with Gasteiger partial charge in [0, 0.05) is 18.5 Å². The maximum absolute atomic E-state index is 12.8. The Morgan fingerprint density at radius 1 is 0.938 bits per heavy atom. The monoisotopic (exact) mass is 428 g/mol. The van der Waals surface area contributed by atoms with Gasteiger partial charge in [-0.2, -0.15) is 0 Å². The lowest BCUT2D eigenvalue weighted by molar-refractivity contribution is -0.116. The molecule has 0 fully saturated rings. The highest BCUT2D eigenvalue weighted by molar-refractivity contribution is 5.94. The number of aromatic nitrogens is 2. The van der Waals surface area contributed by atoms with Crippen molar-refractivity contribution in [3.63, 3.8) is 0 Å². The standard InChI is InChI=1S/C25H24N4O3/c1-32-22-14-8-6-12-20(22)28-24(30)17-29-21-13-7-5-11-19(21)27-23(29)15-16-26-25(31)18-9-3-2-4-10-18/h2-14H,15-17H2,1H3,(H,26,31)(H,28,30). The number of benzene rings is 3. The molecule has 0 atom stereocenters. The number of hydrogen-bond donors (Lipinski definition) is 2. The Balaban J connectivity index is 1.49. The quantitative estimate of drug-likeness (QED) is 0.449. The molecule has 1 heterocycles. The number of ether oxygens (including phenoxy) is 1. The van der Waals surface area contributed by atoms with Crippen LogP contribution >= 0.6 is 0 Å². The largest absolute Gasteiger partial charge is 0.495 e. The number of hydrogen-bond acceptors (Lipinski definition) is 4. The molecule has 32 heavy (non-hydrogen) atoms. The number of amides is 2. The molecular weight excluding hydrogens is 404 g/mol. The summed E-state index contributed by atoms with van der Waals surface area (Å²) in [6.07, 6.45) is 0.495. The molecule has 7 heteroatoms. The van der Waals surface area contributed by atoms with Gasteiger partial charge in [0.1, 0.15) is 18.1 Å². The molecule has 7 nitrogen and oxygen atoms in total. The minimum Gasteiger partial charge on any atom is -0.495 e. The van der Waals surface area contributed by atoms with Crippen LogP contribution in [0, 0.1) is 0 Å². The van der Waals surface area contributed by atoms with Crippen LogP contribution in [0.15, 0.2) is 78.9 Å². The van der Waals surface area contributed by atoms with Crippen molar-refractivity contribution in [2.75, 3.05) is 19.0 Å². The average molecular weight is 428 g/mol. The number of fused-ring (bicyclic) bond motifs is 1. The first kappa shape index (κ1) is 21.1. The molecule has 3 aromatic carbocycles. The van der Waals surface area contributed by atoms with Crippen molar-refractivity contribution in [3.8, 4) is 5.75 Å². The Morgan fingerprint density at radius 3 is 2.47 bits per heavy atom. The number of nitrogens with zero attached hydrogens (tertiary/aromatic N) is 2. The zero-order valence-electron chi connectivity index (χ0n) is 17.7. The van der Waals surface area contributed by atoms with Crippen molar-refractivity contribution in [2.45, 2.75) is 13.0 Å². The lowest BCUT2D eigenvalue weighted by Gasteiger charge is -2.12. The highest BCUT2D eigenvalue weighted by Gasteiger charge is 2.15. The first-order valence-corrected chi connectivity index (χ1v) is 10.4. The van der Waals surface area contributed by atoms with Crippen LogP contribution in [-0.4, -0.2) is 35.0 Å². The second-order valence-corrected chi connectivity index (χ2v) is 7.22. The van der Waals surface area contributed by atoms with Gasteiger partial charge >= 0.3 is 0 Å². The van der Waals surface area contributed by atoms with Crippen LogP contribution in [0.1, 0.15) is 16.2 Å². The summed E-state index contributed by atoms with van der Waals surface area (Å²) >= 11 is 0. The molecular formula is C25H24N4O3. The second kappa shape index (κ2) is 9.78. The summed E-state index contributed by atoms with van der Waals surface area (Å²) in [7, 11) is 1.57. The molecule has 2 N–H and O–H groups in total. The molecule has 1 aromatic heterocycles. The molecule has 0 spiro atoms. The smallest absolute Gasteiger partial charge is 0.251 e. The molecule has 4 rings (SSSR count). The number of methoxy groups -OCH3 is 1. The van der Waals surface area contributed by atoms with E-state index in [0.717, 1.165) is 16.9 Å². The fourth-order valence-corrected chi connectivity index (χ4v) is 3.55. The molecule has 0 saturated heterocycles. The van der Waals surface area contributed by atoms with Crippen LogP contribution in [0.25, 0.3) is 11.0 Å². The van der Waals surface area contributed by atoms with E-state index in [1.807, 2.05) is 59.2 Å². The first-order valence-electron chi connectivity index (χ1n) is 10.4. The normalized spacial score (nSPS) is 10.7. The summed E-state index contributed by atoms with van der Waals surface area (Å²) in [6.45, 7) is 0.506. The lowest BCUT2D eigenvalue weighted by atomic mass is 10.2. The fourth-order valence-electron chi connectivity index (χ4n) is 3.55. The number of carbonyl (C=O) groups is 2. The van der Waals surface area contributed by atoms with Gasteiger partial charge < -0.3 is 19.9 Å². The minimum atomic E-state index is -0.188. The lowest BCUT2D eigenvalue weighted by Crippen LogP contribution is -2.27. The van der Waals surface area contributed by atoms with Gasteiger partial charge in [0.15, 0.2) is 0 Å². The van der Waals surface area contributed by atoms with Crippen molar-refractivity contribution < 1.29 is 14.3 Å². The third-order valence-corrected chi connectivity index (χ3v) is 5.09. The third-order valence-electron chi connectivity index (χ3n) is 5.09. The molecule has 162 valence electrons. The van der Waals surface area contributed by atoms with E-state index in [0.29, 0.717) is 30.0 Å². The van der Waals surface area contributed by atoms with E-state index in [2.05, 4.69) is 15.6 Å². The van der Waals surface area contributed by atoms with E-state index in [1.54, 1.807) is 31.4 Å². The van der Waals surface area contributed by atoms with Gasteiger partial charge in [-0.25, -0.2) is 4.98 Å². The minimum absolute atomic E-state index is 0.0977. The number of imidazole rings is 1. The van der Waals surface area contributed by atoms with E-state index in [4.69, 9.17) is 4.74 Å². The number of nitrogens with one attached hydrogen (secondary N) is 2. The third kappa shape index (κ3) is 4.78. The zero-order valence-corrected chi connectivity index (χ0v) is 17.7. The highest BCUT2D eigenvalue weighted by atomic mass is 16.5. The Kier molecular flexibility index (Phi) is 6.46. The van der Waals surface area contributed by atoms with Gasteiger partial charge in [0.25, 0.3) is 5.91 Å². The van der Waals surface area contributed by atoms with Crippen LogP contribution < -0.4 is 15.4 Å². The Labute approximate surface area is 186 Å². The Morgan fingerprint density at radius 2 is 1.66 bits per heavy atom. The first-order chi connectivity index (χ1) is 15.7. The number of carbonyl (C=O) groups excluding carboxylic acids is 2. The van der Waals surface area contributed by atoms with Crippen LogP contribution in [0.2, 0.25) is 0 Å². The Bertz CT molecular complexity index is 1230. The topological polar surface area (TPSA) is 85.2 Å². The van der Waals surface area contributed by atoms with Gasteiger partial charge in [-0.05, 0) is 36.4 Å². The molecule has 0 radical (unpaired) electrons. The SMILES string of the molecule is COc1ccccc1NC(=O)Cn1c(CCNC(=O)c2ccccc2)nc2ccccc21. The van der Waals surface area contributed by atoms with Crippen molar-refractivity contribution in [1.82, 2.24) is 14.9 Å². The predicted octanol–water partition coefficient (Wildman–Crippen LogP) is 3.66. The summed E-state index contributed by atoms with van der Waals surface area (Å²) in [5, 5.41) is 5.82. The van der Waals surface area contributed by atoms with Crippen molar-refractivity contribution in [2.24, 2.45) is 0 Å². The molecule has 0 bridgehead atoms. The molecule has 4 aromatic rings. The van der Waals surface area contributed by atoms with Crippen molar-refractivity contribution in [3.05, 3.63) is 90.3 Å². The molecule has 0 aliphatic carbocycles. The second-order valence-electron chi connectivity index (χ2n) is 7.22. The van der Waals surface area contributed by atoms with E-state index < -0.39 is 0 Å². The highest BCUT2D eigenvalue weighted by Crippen LogP contribution is 2.23. The van der Waals surface area contributed by atoms with Crippen LogP contribution in [-0.2, 0) is 17.8 Å². The molecule has 0 aliphatic heterocycles. The van der Waals surface area contributed by atoms with Gasteiger partial charge in [-0.15, -0.1) is 0 Å². The predicted molar refractivity (Wildman–Crippen MR) is 124 cm³/mol. The van der Waals surface area contributed by atoms with Crippen molar-refractivity contribution >= 4 is 28.5 Å². The Hall–Kier alpha value is -4.13. The van der Waals surface area contributed by atoms with Crippen LogP contribution in [0.4, 0.5) is 5.69 Å². The average Bonchev–Trinajstić information content (AvgIpc) is 3.17.